The van der Waals surface area contributed by atoms with Crippen molar-refractivity contribution in [3.8, 4) is 5.75 Å². The third kappa shape index (κ3) is 4.36. The van der Waals surface area contributed by atoms with E-state index in [1.54, 1.807) is 18.2 Å². The van der Waals surface area contributed by atoms with Crippen molar-refractivity contribution in [2.75, 3.05) is 6.61 Å². The molecule has 0 bridgehead atoms. The van der Waals surface area contributed by atoms with Gasteiger partial charge in [0.15, 0.2) is 0 Å². The molecule has 3 nitrogen and oxygen atoms in total. The van der Waals surface area contributed by atoms with Crippen LogP contribution in [-0.2, 0) is 15.6 Å². The summed E-state index contributed by atoms with van der Waals surface area (Å²) in [5.74, 6) is -0.0981. The molecule has 0 aliphatic heterocycles. The van der Waals surface area contributed by atoms with Crippen molar-refractivity contribution in [2.24, 2.45) is 0 Å². The lowest BCUT2D eigenvalue weighted by molar-refractivity contribution is 0.0549. The van der Waals surface area contributed by atoms with Crippen molar-refractivity contribution in [1.29, 1.82) is 0 Å². The van der Waals surface area contributed by atoms with Crippen molar-refractivity contribution in [2.45, 2.75) is 59.3 Å². The first-order valence-electron chi connectivity index (χ1n) is 7.64. The van der Waals surface area contributed by atoms with E-state index in [1.807, 2.05) is 54.5 Å². The largest absolute Gasteiger partial charge is 0.507 e. The van der Waals surface area contributed by atoms with Crippen LogP contribution in [0.25, 0.3) is 0 Å². The minimum Gasteiger partial charge on any atom is -0.507 e. The minimum atomic E-state index is -0.367. The van der Waals surface area contributed by atoms with Gasteiger partial charge in [0.1, 0.15) is 12.4 Å². The topological polar surface area (TPSA) is 46.5 Å². The van der Waals surface area contributed by atoms with Gasteiger partial charge in [0.2, 0.25) is 0 Å². The Balaban J connectivity index is 3.38. The van der Waals surface area contributed by atoms with E-state index in [9.17, 15) is 9.90 Å². The second kappa shape index (κ2) is 6.55. The standard InChI is InChI=1S/C19H28O3/c1-8-9-10-22-17(21)13-11-14(18(2,3)4)16(20)15(12-13)19(5,6)7/h8-9,11-12,20H,10H2,1-7H3. The number of rotatable bonds is 3. The van der Waals surface area contributed by atoms with Gasteiger partial charge in [-0.1, -0.05) is 53.7 Å². The summed E-state index contributed by atoms with van der Waals surface area (Å²) in [5.41, 5.74) is 1.49. The van der Waals surface area contributed by atoms with Crippen LogP contribution in [0.15, 0.2) is 24.3 Å². The Bertz CT molecular complexity index is 534. The number of carbonyl (C=O) groups excluding carboxylic acids is 1. The maximum atomic E-state index is 12.3. The summed E-state index contributed by atoms with van der Waals surface area (Å²) in [6, 6.07) is 3.48. The van der Waals surface area contributed by atoms with Gasteiger partial charge in [0.25, 0.3) is 0 Å². The molecule has 0 spiro atoms. The van der Waals surface area contributed by atoms with Crippen LogP contribution in [0.2, 0.25) is 0 Å². The van der Waals surface area contributed by atoms with Crippen LogP contribution in [0.4, 0.5) is 0 Å². The van der Waals surface area contributed by atoms with Crippen LogP contribution in [-0.4, -0.2) is 17.7 Å². The van der Waals surface area contributed by atoms with Crippen LogP contribution in [0.5, 0.6) is 5.75 Å². The molecular formula is C19H28O3. The predicted molar refractivity (Wildman–Crippen MR) is 90.6 cm³/mol. The normalized spacial score (nSPS) is 12.7. The quantitative estimate of drug-likeness (QED) is 0.649. The molecular weight excluding hydrogens is 276 g/mol. The number of allylic oxidation sites excluding steroid dienone is 1. The van der Waals surface area contributed by atoms with Gasteiger partial charge in [-0.2, -0.15) is 0 Å². The molecule has 122 valence electrons. The summed E-state index contributed by atoms with van der Waals surface area (Å²) >= 11 is 0. The average Bonchev–Trinajstić information content (AvgIpc) is 2.36. The van der Waals surface area contributed by atoms with Crippen molar-refractivity contribution < 1.29 is 14.6 Å². The van der Waals surface area contributed by atoms with E-state index in [2.05, 4.69) is 0 Å². The first-order valence-corrected chi connectivity index (χ1v) is 7.64. The fourth-order valence-corrected chi connectivity index (χ4v) is 2.20. The van der Waals surface area contributed by atoms with Crippen LogP contribution in [0.1, 0.15) is 70.0 Å². The maximum Gasteiger partial charge on any atom is 0.338 e. The lowest BCUT2D eigenvalue weighted by Gasteiger charge is -2.27. The summed E-state index contributed by atoms with van der Waals surface area (Å²) in [6.07, 6.45) is 3.62. The highest BCUT2D eigenvalue weighted by atomic mass is 16.5. The van der Waals surface area contributed by atoms with Crippen molar-refractivity contribution >= 4 is 5.97 Å². The Kier molecular flexibility index (Phi) is 5.44. The number of phenols is 1. The summed E-state index contributed by atoms with van der Waals surface area (Å²) in [7, 11) is 0. The second-order valence-corrected chi connectivity index (χ2v) is 7.59. The molecule has 0 aliphatic carbocycles. The third-order valence-corrected chi connectivity index (χ3v) is 3.51. The van der Waals surface area contributed by atoms with E-state index in [0.717, 1.165) is 11.1 Å². The van der Waals surface area contributed by atoms with E-state index >= 15 is 0 Å². The molecule has 0 radical (unpaired) electrons. The number of ether oxygens (including phenoxy) is 1. The number of hydrogen-bond donors (Lipinski definition) is 1. The van der Waals surface area contributed by atoms with Gasteiger partial charge in [-0.15, -0.1) is 0 Å². The van der Waals surface area contributed by atoms with Gasteiger partial charge >= 0.3 is 5.97 Å². The Morgan fingerprint density at radius 1 is 1.09 bits per heavy atom. The molecule has 3 heteroatoms. The lowest BCUT2D eigenvalue weighted by Crippen LogP contribution is -2.19. The molecule has 1 N–H and O–H groups in total. The zero-order chi connectivity index (χ0) is 17.1. The molecule has 0 aromatic heterocycles. The summed E-state index contributed by atoms with van der Waals surface area (Å²) < 4.78 is 5.24. The molecule has 0 aliphatic rings. The van der Waals surface area contributed by atoms with E-state index in [0.29, 0.717) is 5.56 Å². The first-order chi connectivity index (χ1) is 9.98. The molecule has 0 saturated heterocycles. The zero-order valence-electron chi connectivity index (χ0n) is 14.8. The molecule has 1 aromatic rings. The van der Waals surface area contributed by atoms with Crippen LogP contribution in [0.3, 0.4) is 0 Å². The molecule has 0 unspecified atom stereocenters. The molecule has 1 aromatic carbocycles. The SMILES string of the molecule is CC=CCOC(=O)c1cc(C(C)(C)C)c(O)c(C(C)(C)C)c1. The Hall–Kier alpha value is -1.77. The van der Waals surface area contributed by atoms with Crippen molar-refractivity contribution in [1.82, 2.24) is 0 Å². The Morgan fingerprint density at radius 2 is 1.55 bits per heavy atom. The van der Waals surface area contributed by atoms with E-state index < -0.39 is 0 Å². The molecule has 22 heavy (non-hydrogen) atoms. The smallest absolute Gasteiger partial charge is 0.338 e. The number of hydrogen-bond acceptors (Lipinski definition) is 3. The fourth-order valence-electron chi connectivity index (χ4n) is 2.20. The molecule has 0 heterocycles. The monoisotopic (exact) mass is 304 g/mol. The van der Waals surface area contributed by atoms with Gasteiger partial charge in [-0.3, -0.25) is 0 Å². The van der Waals surface area contributed by atoms with Gasteiger partial charge < -0.3 is 9.84 Å². The minimum absolute atomic E-state index is 0.256. The Labute approximate surface area is 134 Å². The fraction of sp³-hybridized carbons (Fsp3) is 0.526. The Morgan fingerprint density at radius 3 is 1.91 bits per heavy atom. The number of esters is 1. The number of carbonyl (C=O) groups is 1. The molecule has 0 fully saturated rings. The van der Waals surface area contributed by atoms with Crippen LogP contribution >= 0.6 is 0 Å². The number of aromatic hydroxyl groups is 1. The van der Waals surface area contributed by atoms with Gasteiger partial charge in [-0.25, -0.2) is 4.79 Å². The highest BCUT2D eigenvalue weighted by Crippen LogP contribution is 2.39. The van der Waals surface area contributed by atoms with Gasteiger partial charge in [0, 0.05) is 11.1 Å². The van der Waals surface area contributed by atoms with Gasteiger partial charge in [-0.05, 0) is 29.9 Å². The summed E-state index contributed by atoms with van der Waals surface area (Å²) in [5, 5.41) is 10.6. The van der Waals surface area contributed by atoms with E-state index in [4.69, 9.17) is 4.74 Å². The third-order valence-electron chi connectivity index (χ3n) is 3.51. The van der Waals surface area contributed by atoms with Gasteiger partial charge in [0.05, 0.1) is 5.56 Å². The van der Waals surface area contributed by atoms with E-state index in [-0.39, 0.29) is 29.2 Å². The van der Waals surface area contributed by atoms with Crippen molar-refractivity contribution in [3.63, 3.8) is 0 Å². The van der Waals surface area contributed by atoms with Crippen LogP contribution < -0.4 is 0 Å². The maximum absolute atomic E-state index is 12.3. The molecule has 1 rings (SSSR count). The predicted octanol–water partition coefficient (Wildman–Crippen LogP) is 4.72. The molecule has 0 amide bonds. The number of phenolic OH excluding ortho intramolecular Hbond substituents is 1. The second-order valence-electron chi connectivity index (χ2n) is 7.59. The number of benzene rings is 1. The van der Waals surface area contributed by atoms with Crippen molar-refractivity contribution in [3.05, 3.63) is 41.0 Å². The summed E-state index contributed by atoms with van der Waals surface area (Å²) in [4.78, 5) is 12.3. The zero-order valence-corrected chi connectivity index (χ0v) is 14.8. The van der Waals surface area contributed by atoms with E-state index in [1.165, 1.54) is 0 Å². The highest BCUT2D eigenvalue weighted by molar-refractivity contribution is 5.90. The average molecular weight is 304 g/mol. The molecule has 0 saturated carbocycles. The summed E-state index contributed by atoms with van der Waals surface area (Å²) in [6.45, 7) is 14.2. The lowest BCUT2D eigenvalue weighted by atomic mass is 9.78. The first kappa shape index (κ1) is 18.3. The highest BCUT2D eigenvalue weighted by Gasteiger charge is 2.28. The molecule has 0 atom stereocenters. The van der Waals surface area contributed by atoms with Crippen LogP contribution in [0, 0.1) is 0 Å².